The number of ether oxygens (including phenoxy) is 1. The van der Waals surface area contributed by atoms with E-state index in [0.29, 0.717) is 5.92 Å². The summed E-state index contributed by atoms with van der Waals surface area (Å²) in [6.07, 6.45) is 5.23. The predicted octanol–water partition coefficient (Wildman–Crippen LogP) is 6.15. The lowest BCUT2D eigenvalue weighted by molar-refractivity contribution is -0.148. The Hall–Kier alpha value is -2.13. The van der Waals surface area contributed by atoms with Crippen LogP contribution in [-0.2, 0) is 22.7 Å². The van der Waals surface area contributed by atoms with Crippen LogP contribution in [0.5, 0.6) is 0 Å². The van der Waals surface area contributed by atoms with Gasteiger partial charge in [0.05, 0.1) is 12.5 Å². The van der Waals surface area contributed by atoms with Gasteiger partial charge < -0.3 is 9.84 Å². The van der Waals surface area contributed by atoms with Crippen LogP contribution in [0.15, 0.2) is 36.4 Å². The van der Waals surface area contributed by atoms with Gasteiger partial charge in [0.2, 0.25) is 0 Å². The van der Waals surface area contributed by atoms with Crippen LogP contribution in [0.2, 0.25) is 0 Å². The summed E-state index contributed by atoms with van der Waals surface area (Å²) in [6.45, 7) is 8.30. The van der Waals surface area contributed by atoms with Gasteiger partial charge in [0, 0.05) is 0 Å². The molecular formula is C26H34O3. The average Bonchev–Trinajstić information content (AvgIpc) is 2.72. The number of carbonyl (C=O) groups is 1. The van der Waals surface area contributed by atoms with Crippen LogP contribution < -0.4 is 0 Å². The molecule has 0 amide bonds. The van der Waals surface area contributed by atoms with Crippen LogP contribution >= 0.6 is 0 Å². The van der Waals surface area contributed by atoms with Crippen molar-refractivity contribution in [3.63, 3.8) is 0 Å². The van der Waals surface area contributed by atoms with Gasteiger partial charge in [-0.2, -0.15) is 0 Å². The Morgan fingerprint density at radius 1 is 1.07 bits per heavy atom. The molecule has 1 aliphatic rings. The number of carbonyl (C=O) groups excluding carboxylic acids is 1. The Morgan fingerprint density at radius 2 is 1.79 bits per heavy atom. The summed E-state index contributed by atoms with van der Waals surface area (Å²) in [6, 6.07) is 12.9. The van der Waals surface area contributed by atoms with Gasteiger partial charge in [0.1, 0.15) is 6.61 Å². The summed E-state index contributed by atoms with van der Waals surface area (Å²) < 4.78 is 5.41. The fourth-order valence-corrected chi connectivity index (χ4v) is 4.26. The highest BCUT2D eigenvalue weighted by Gasteiger charge is 2.20. The minimum absolute atomic E-state index is 0.0626. The van der Waals surface area contributed by atoms with Crippen molar-refractivity contribution in [2.75, 3.05) is 0 Å². The summed E-state index contributed by atoms with van der Waals surface area (Å²) in [5, 5.41) is 9.67. The number of aryl methyl sites for hydroxylation is 1. The summed E-state index contributed by atoms with van der Waals surface area (Å²) >= 11 is 0. The van der Waals surface area contributed by atoms with Gasteiger partial charge in [-0.3, -0.25) is 4.79 Å². The van der Waals surface area contributed by atoms with Gasteiger partial charge in [-0.25, -0.2) is 0 Å². The maximum atomic E-state index is 11.8. The minimum Gasteiger partial charge on any atom is -0.461 e. The smallest absolute Gasteiger partial charge is 0.308 e. The van der Waals surface area contributed by atoms with Crippen molar-refractivity contribution in [3.05, 3.63) is 58.7 Å². The molecule has 3 nitrogen and oxygen atoms in total. The van der Waals surface area contributed by atoms with E-state index >= 15 is 0 Å². The van der Waals surface area contributed by atoms with Crippen LogP contribution in [0, 0.1) is 18.8 Å². The van der Waals surface area contributed by atoms with Gasteiger partial charge in [-0.05, 0) is 71.0 Å². The summed E-state index contributed by atoms with van der Waals surface area (Å²) in [7, 11) is 0. The highest BCUT2D eigenvalue weighted by atomic mass is 16.5. The maximum Gasteiger partial charge on any atom is 0.308 e. The summed E-state index contributed by atoms with van der Waals surface area (Å²) in [5.74, 6) is 1.16. The molecule has 0 aliphatic heterocycles. The number of hydrogen-bond acceptors (Lipinski definition) is 3. The standard InChI is InChI=1S/C26H34O3/c1-17(2)26(28)29-16-24-14-22(9-10-23(24)15-27)25-12-11-21(13-19(25)4)20-7-5-18(3)6-8-20/h9-14,17-18,20,27H,5-8,15-16H2,1-4H3. The van der Waals surface area contributed by atoms with Crippen molar-refractivity contribution in [2.24, 2.45) is 11.8 Å². The number of rotatable bonds is 6. The molecule has 0 saturated heterocycles. The molecule has 1 fully saturated rings. The van der Waals surface area contributed by atoms with Crippen LogP contribution in [-0.4, -0.2) is 11.1 Å². The third-order valence-electron chi connectivity index (χ3n) is 6.27. The lowest BCUT2D eigenvalue weighted by Gasteiger charge is -2.27. The normalized spacial score (nSPS) is 19.4. The molecule has 2 aromatic carbocycles. The Bertz CT molecular complexity index is 845. The van der Waals surface area contributed by atoms with Crippen molar-refractivity contribution >= 4 is 5.97 Å². The van der Waals surface area contributed by atoms with E-state index in [0.717, 1.165) is 22.6 Å². The first kappa shape index (κ1) is 21.6. The number of hydrogen-bond donors (Lipinski definition) is 1. The SMILES string of the molecule is Cc1cc(C2CCC(C)CC2)ccc1-c1ccc(CO)c(COC(=O)C(C)C)c1. The monoisotopic (exact) mass is 394 g/mol. The molecule has 29 heavy (non-hydrogen) atoms. The van der Waals surface area contributed by atoms with Crippen LogP contribution in [0.1, 0.15) is 74.6 Å². The molecule has 3 heteroatoms. The van der Waals surface area contributed by atoms with Gasteiger partial charge in [-0.1, -0.05) is 63.9 Å². The molecule has 0 spiro atoms. The minimum atomic E-state index is -0.221. The van der Waals surface area contributed by atoms with Crippen molar-refractivity contribution in [2.45, 2.75) is 72.5 Å². The average molecular weight is 395 g/mol. The maximum absolute atomic E-state index is 11.8. The third kappa shape index (κ3) is 5.27. The molecule has 0 aromatic heterocycles. The van der Waals surface area contributed by atoms with Crippen LogP contribution in [0.25, 0.3) is 11.1 Å². The first-order valence-corrected chi connectivity index (χ1v) is 10.9. The van der Waals surface area contributed by atoms with E-state index in [9.17, 15) is 9.90 Å². The van der Waals surface area contributed by atoms with Crippen molar-refractivity contribution < 1.29 is 14.6 Å². The summed E-state index contributed by atoms with van der Waals surface area (Å²) in [5.41, 5.74) is 6.68. The Labute approximate surface area is 175 Å². The van der Waals surface area contributed by atoms with Gasteiger partial charge in [-0.15, -0.1) is 0 Å². The zero-order valence-corrected chi connectivity index (χ0v) is 18.2. The molecule has 0 radical (unpaired) electrons. The first-order valence-electron chi connectivity index (χ1n) is 10.9. The molecular weight excluding hydrogens is 360 g/mol. The lowest BCUT2D eigenvalue weighted by Crippen LogP contribution is -2.12. The van der Waals surface area contributed by atoms with Crippen molar-refractivity contribution in [3.8, 4) is 11.1 Å². The van der Waals surface area contributed by atoms with E-state index < -0.39 is 0 Å². The van der Waals surface area contributed by atoms with Crippen LogP contribution in [0.3, 0.4) is 0 Å². The van der Waals surface area contributed by atoms with Gasteiger partial charge >= 0.3 is 5.97 Å². The summed E-state index contributed by atoms with van der Waals surface area (Å²) in [4.78, 5) is 11.8. The lowest BCUT2D eigenvalue weighted by atomic mass is 9.79. The second-order valence-electron chi connectivity index (χ2n) is 8.94. The van der Waals surface area contributed by atoms with E-state index in [1.807, 2.05) is 32.0 Å². The molecule has 2 aromatic rings. The largest absolute Gasteiger partial charge is 0.461 e. The second-order valence-corrected chi connectivity index (χ2v) is 8.94. The zero-order chi connectivity index (χ0) is 21.0. The van der Waals surface area contributed by atoms with Crippen molar-refractivity contribution in [1.82, 2.24) is 0 Å². The molecule has 0 unspecified atom stereocenters. The van der Waals surface area contributed by atoms with E-state index in [1.54, 1.807) is 0 Å². The molecule has 0 heterocycles. The second kappa shape index (κ2) is 9.58. The number of esters is 1. The number of aliphatic hydroxyl groups excluding tert-OH is 1. The topological polar surface area (TPSA) is 46.5 Å². The first-order chi connectivity index (χ1) is 13.9. The van der Waals surface area contributed by atoms with Crippen LogP contribution in [0.4, 0.5) is 0 Å². The Morgan fingerprint density at radius 3 is 2.41 bits per heavy atom. The van der Waals surface area contributed by atoms with E-state index in [1.165, 1.54) is 42.4 Å². The molecule has 1 N–H and O–H groups in total. The van der Waals surface area contributed by atoms with E-state index in [-0.39, 0.29) is 25.1 Å². The predicted molar refractivity (Wildman–Crippen MR) is 118 cm³/mol. The number of aliphatic hydroxyl groups is 1. The molecule has 0 bridgehead atoms. The van der Waals surface area contributed by atoms with E-state index in [4.69, 9.17) is 4.74 Å². The quantitative estimate of drug-likeness (QED) is 0.598. The van der Waals surface area contributed by atoms with Gasteiger partial charge in [0.25, 0.3) is 0 Å². The Kier molecular flexibility index (Phi) is 7.13. The molecule has 3 rings (SSSR count). The highest BCUT2D eigenvalue weighted by Crippen LogP contribution is 2.37. The third-order valence-corrected chi connectivity index (χ3v) is 6.27. The van der Waals surface area contributed by atoms with Gasteiger partial charge in [0.15, 0.2) is 0 Å². The molecule has 0 atom stereocenters. The fourth-order valence-electron chi connectivity index (χ4n) is 4.26. The van der Waals surface area contributed by atoms with Crippen molar-refractivity contribution in [1.29, 1.82) is 0 Å². The highest BCUT2D eigenvalue weighted by molar-refractivity contribution is 5.72. The zero-order valence-electron chi connectivity index (χ0n) is 18.2. The fraction of sp³-hybridized carbons (Fsp3) is 0.500. The molecule has 1 saturated carbocycles. The molecule has 1 aliphatic carbocycles. The Balaban J connectivity index is 1.82. The van der Waals surface area contributed by atoms with E-state index in [2.05, 4.69) is 32.0 Å². The molecule has 156 valence electrons. The number of benzene rings is 2.